The van der Waals surface area contributed by atoms with Crippen LogP contribution >= 0.6 is 15.9 Å². The van der Waals surface area contributed by atoms with E-state index in [2.05, 4.69) is 26.3 Å². The first-order valence-corrected chi connectivity index (χ1v) is 8.53. The van der Waals surface area contributed by atoms with Gasteiger partial charge >= 0.3 is 12.3 Å². The van der Waals surface area contributed by atoms with E-state index in [1.54, 1.807) is 12.1 Å². The van der Waals surface area contributed by atoms with Crippen LogP contribution in [0.15, 0.2) is 65.3 Å². The zero-order valence-electron chi connectivity index (χ0n) is 13.7. The molecule has 5 nitrogen and oxygen atoms in total. The van der Waals surface area contributed by atoms with Crippen LogP contribution in [-0.2, 0) is 17.5 Å². The van der Waals surface area contributed by atoms with Crippen molar-refractivity contribution in [1.29, 1.82) is 0 Å². The number of carbonyl (C=O) groups excluding carboxylic acids is 1. The van der Waals surface area contributed by atoms with Crippen LogP contribution in [-0.4, -0.2) is 15.9 Å². The second-order valence-corrected chi connectivity index (χ2v) is 6.36. The lowest BCUT2D eigenvalue weighted by Gasteiger charge is -2.08. The highest BCUT2D eigenvalue weighted by Gasteiger charge is 2.36. The summed E-state index contributed by atoms with van der Waals surface area (Å²) in [4.78, 5) is 11.8. The highest BCUT2D eigenvalue weighted by atomic mass is 79.9. The highest BCUT2D eigenvalue weighted by molar-refractivity contribution is 9.10. The Morgan fingerprint density at radius 1 is 1.11 bits per heavy atom. The minimum atomic E-state index is -4.55. The van der Waals surface area contributed by atoms with E-state index >= 15 is 0 Å². The Morgan fingerprint density at radius 2 is 1.78 bits per heavy atom. The molecule has 2 aromatic carbocycles. The van der Waals surface area contributed by atoms with Gasteiger partial charge in [-0.1, -0.05) is 30.3 Å². The van der Waals surface area contributed by atoms with Gasteiger partial charge in [0.05, 0.1) is 10.2 Å². The van der Waals surface area contributed by atoms with Crippen molar-refractivity contribution in [2.75, 3.05) is 5.32 Å². The minimum Gasteiger partial charge on any atom is -0.444 e. The summed E-state index contributed by atoms with van der Waals surface area (Å²) in [5.41, 5.74) is 0.704. The van der Waals surface area contributed by atoms with Gasteiger partial charge in [0.15, 0.2) is 5.69 Å². The van der Waals surface area contributed by atoms with E-state index in [0.717, 1.165) is 10.2 Å². The molecule has 0 spiro atoms. The molecule has 0 aliphatic heterocycles. The van der Waals surface area contributed by atoms with E-state index in [0.29, 0.717) is 11.4 Å². The van der Waals surface area contributed by atoms with Crippen molar-refractivity contribution in [2.45, 2.75) is 12.8 Å². The fourth-order valence-corrected chi connectivity index (χ4v) is 2.75. The van der Waals surface area contributed by atoms with E-state index in [1.165, 1.54) is 18.3 Å². The normalized spacial score (nSPS) is 11.3. The molecule has 0 saturated heterocycles. The maximum absolute atomic E-state index is 12.8. The fraction of sp³-hybridized carbons (Fsp3) is 0.111. The third kappa shape index (κ3) is 4.88. The Labute approximate surface area is 160 Å². The summed E-state index contributed by atoms with van der Waals surface area (Å²) >= 11 is 2.86. The van der Waals surface area contributed by atoms with Gasteiger partial charge in [0.1, 0.15) is 6.61 Å². The number of alkyl halides is 3. The number of nitrogens with zero attached hydrogens (tertiary/aromatic N) is 2. The summed E-state index contributed by atoms with van der Waals surface area (Å²) in [7, 11) is 0. The Balaban J connectivity index is 1.63. The minimum absolute atomic E-state index is 0.131. The van der Waals surface area contributed by atoms with Crippen molar-refractivity contribution in [1.82, 2.24) is 9.78 Å². The number of nitrogens with one attached hydrogen (secondary N) is 1. The number of anilines is 1. The van der Waals surface area contributed by atoms with Crippen molar-refractivity contribution < 1.29 is 22.7 Å². The number of ether oxygens (including phenoxy) is 1. The molecule has 27 heavy (non-hydrogen) atoms. The standard InChI is InChI=1S/C18H13BrF3N3O2/c19-15-10-25(24-16(15)18(20,21)22)14-8-6-13(7-9-14)23-17(26)27-11-12-4-2-1-3-5-12/h1-10H,11H2,(H,23,26). The molecule has 9 heteroatoms. The molecule has 0 bridgehead atoms. The molecular formula is C18H13BrF3N3O2. The summed E-state index contributed by atoms with van der Waals surface area (Å²) in [5.74, 6) is 0. The molecule has 0 atom stereocenters. The number of hydrogen-bond acceptors (Lipinski definition) is 3. The smallest absolute Gasteiger partial charge is 0.436 e. The molecule has 0 saturated carbocycles. The third-order valence-corrected chi connectivity index (χ3v) is 4.11. The molecule has 1 N–H and O–H groups in total. The molecule has 0 unspecified atom stereocenters. The van der Waals surface area contributed by atoms with Crippen LogP contribution < -0.4 is 5.32 Å². The molecule has 0 radical (unpaired) electrons. The lowest BCUT2D eigenvalue weighted by Crippen LogP contribution is -2.13. The summed E-state index contributed by atoms with van der Waals surface area (Å²) in [5, 5.41) is 6.09. The van der Waals surface area contributed by atoms with Crippen LogP contribution in [0.25, 0.3) is 5.69 Å². The van der Waals surface area contributed by atoms with Gasteiger partial charge in [-0.3, -0.25) is 5.32 Å². The topological polar surface area (TPSA) is 56.2 Å². The van der Waals surface area contributed by atoms with E-state index in [9.17, 15) is 18.0 Å². The SMILES string of the molecule is O=C(Nc1ccc(-n2cc(Br)c(C(F)(F)F)n2)cc1)OCc1ccccc1. The maximum atomic E-state index is 12.8. The molecule has 1 heterocycles. The predicted molar refractivity (Wildman–Crippen MR) is 96.5 cm³/mol. The van der Waals surface area contributed by atoms with Crippen molar-refractivity contribution in [3.05, 3.63) is 76.5 Å². The number of amides is 1. The van der Waals surface area contributed by atoms with Gasteiger partial charge in [0.2, 0.25) is 0 Å². The average molecular weight is 440 g/mol. The molecule has 1 aromatic heterocycles. The number of hydrogen-bond donors (Lipinski definition) is 1. The second-order valence-electron chi connectivity index (χ2n) is 5.50. The Hall–Kier alpha value is -2.81. The number of halogens is 4. The van der Waals surface area contributed by atoms with E-state index < -0.39 is 18.0 Å². The first kappa shape index (κ1) is 19.0. The van der Waals surface area contributed by atoms with Crippen molar-refractivity contribution in [3.63, 3.8) is 0 Å². The number of rotatable bonds is 4. The number of aromatic nitrogens is 2. The van der Waals surface area contributed by atoms with E-state index in [-0.39, 0.29) is 11.1 Å². The van der Waals surface area contributed by atoms with E-state index in [4.69, 9.17) is 4.74 Å². The number of benzene rings is 2. The summed E-state index contributed by atoms with van der Waals surface area (Å²) in [6.45, 7) is 0.131. The van der Waals surface area contributed by atoms with Crippen LogP contribution in [0, 0.1) is 0 Å². The Morgan fingerprint density at radius 3 is 2.37 bits per heavy atom. The van der Waals surface area contributed by atoms with Crippen LogP contribution in [0.4, 0.5) is 23.7 Å². The summed E-state index contributed by atoms with van der Waals surface area (Å²) in [6.07, 6.45) is -3.96. The molecule has 1 amide bonds. The van der Waals surface area contributed by atoms with Crippen LogP contribution in [0.3, 0.4) is 0 Å². The molecule has 0 fully saturated rings. The third-order valence-electron chi connectivity index (χ3n) is 3.53. The van der Waals surface area contributed by atoms with Gasteiger partial charge in [-0.2, -0.15) is 18.3 Å². The zero-order valence-corrected chi connectivity index (χ0v) is 15.3. The lowest BCUT2D eigenvalue weighted by atomic mass is 10.2. The summed E-state index contributed by atoms with van der Waals surface area (Å²) < 4.78 is 44.5. The molecule has 0 aliphatic carbocycles. The largest absolute Gasteiger partial charge is 0.444 e. The number of carbonyl (C=O) groups is 1. The molecule has 3 aromatic rings. The van der Waals surface area contributed by atoms with Crippen LogP contribution in [0.1, 0.15) is 11.3 Å². The predicted octanol–water partition coefficient (Wildman–Crippen LogP) is 5.40. The van der Waals surface area contributed by atoms with E-state index in [1.807, 2.05) is 30.3 Å². The van der Waals surface area contributed by atoms with Crippen molar-refractivity contribution >= 4 is 27.7 Å². The molecular weight excluding hydrogens is 427 g/mol. The average Bonchev–Trinajstić information content (AvgIpc) is 3.04. The van der Waals surface area contributed by atoms with Crippen molar-refractivity contribution in [2.24, 2.45) is 0 Å². The lowest BCUT2D eigenvalue weighted by molar-refractivity contribution is -0.141. The van der Waals surface area contributed by atoms with Crippen LogP contribution in [0.5, 0.6) is 0 Å². The first-order valence-electron chi connectivity index (χ1n) is 7.73. The van der Waals surface area contributed by atoms with Crippen LogP contribution in [0.2, 0.25) is 0 Å². The van der Waals surface area contributed by atoms with Gasteiger partial charge in [0.25, 0.3) is 0 Å². The molecule has 3 rings (SSSR count). The highest BCUT2D eigenvalue weighted by Crippen LogP contribution is 2.34. The zero-order chi connectivity index (χ0) is 19.4. The van der Waals surface area contributed by atoms with Gasteiger partial charge in [-0.05, 0) is 45.8 Å². The monoisotopic (exact) mass is 439 g/mol. The van der Waals surface area contributed by atoms with Gasteiger partial charge in [-0.25, -0.2) is 9.48 Å². The van der Waals surface area contributed by atoms with Gasteiger partial charge < -0.3 is 4.74 Å². The second kappa shape index (κ2) is 7.83. The fourth-order valence-electron chi connectivity index (χ4n) is 2.25. The quantitative estimate of drug-likeness (QED) is 0.591. The van der Waals surface area contributed by atoms with Crippen molar-refractivity contribution in [3.8, 4) is 5.69 Å². The maximum Gasteiger partial charge on any atom is 0.436 e. The molecule has 0 aliphatic rings. The Kier molecular flexibility index (Phi) is 5.50. The summed E-state index contributed by atoms with van der Waals surface area (Å²) in [6, 6.07) is 15.4. The first-order chi connectivity index (χ1) is 12.8. The van der Waals surface area contributed by atoms with Gasteiger partial charge in [-0.15, -0.1) is 0 Å². The molecule has 140 valence electrons. The van der Waals surface area contributed by atoms with Gasteiger partial charge in [0, 0.05) is 11.9 Å². The Bertz CT molecular complexity index is 925.